The first-order valence-corrected chi connectivity index (χ1v) is 12.6. The van der Waals surface area contributed by atoms with Gasteiger partial charge in [0.15, 0.2) is 23.0 Å². The van der Waals surface area contributed by atoms with Crippen molar-refractivity contribution >= 4 is 18.3 Å². The quantitative estimate of drug-likeness (QED) is 0.227. The third-order valence-electron chi connectivity index (χ3n) is 6.81. The van der Waals surface area contributed by atoms with Gasteiger partial charge in [-0.15, -0.1) is 0 Å². The first kappa shape index (κ1) is 26.4. The Morgan fingerprint density at radius 2 is 1.68 bits per heavy atom. The number of carbonyl (C=O) groups is 1. The fourth-order valence-corrected chi connectivity index (χ4v) is 4.98. The molecule has 2 aromatic carbocycles. The SMILES string of the molecule is CCCCCCN=CC1=Cc2cc3c(cc2[C@@H](c2cc(OC)c(OC)c(OC)c2)[C@@H]1C(=O)OC)OCO3. The molecule has 0 saturated heterocycles. The highest BCUT2D eigenvalue weighted by Gasteiger charge is 2.40. The highest BCUT2D eigenvalue weighted by atomic mass is 16.7. The van der Waals surface area contributed by atoms with Gasteiger partial charge >= 0.3 is 5.97 Å². The molecule has 1 aliphatic heterocycles. The fourth-order valence-electron chi connectivity index (χ4n) is 4.98. The maximum Gasteiger partial charge on any atom is 0.314 e. The molecule has 8 nitrogen and oxygen atoms in total. The van der Waals surface area contributed by atoms with Gasteiger partial charge in [0.25, 0.3) is 0 Å². The van der Waals surface area contributed by atoms with Gasteiger partial charge in [0.2, 0.25) is 12.5 Å². The summed E-state index contributed by atoms with van der Waals surface area (Å²) in [6.45, 7) is 3.04. The maximum atomic E-state index is 13.3. The molecule has 4 rings (SSSR count). The molecule has 0 radical (unpaired) electrons. The van der Waals surface area contributed by atoms with Crippen molar-refractivity contribution in [2.45, 2.75) is 38.5 Å². The Labute approximate surface area is 218 Å². The molecule has 0 aromatic heterocycles. The molecule has 2 atom stereocenters. The van der Waals surface area contributed by atoms with Crippen molar-refractivity contribution in [1.82, 2.24) is 0 Å². The molecule has 0 unspecified atom stereocenters. The normalized spacial score (nSPS) is 17.8. The van der Waals surface area contributed by atoms with E-state index in [4.69, 9.17) is 28.4 Å². The highest BCUT2D eigenvalue weighted by molar-refractivity contribution is 5.97. The number of rotatable bonds is 11. The number of nitrogens with zero attached hydrogens (tertiary/aromatic N) is 1. The summed E-state index contributed by atoms with van der Waals surface area (Å²) in [6, 6.07) is 7.64. The molecule has 0 N–H and O–H groups in total. The number of fused-ring (bicyclic) bond motifs is 2. The molecule has 1 heterocycles. The molecule has 37 heavy (non-hydrogen) atoms. The summed E-state index contributed by atoms with van der Waals surface area (Å²) in [4.78, 5) is 18.0. The molecule has 1 aliphatic carbocycles. The second-order valence-electron chi connectivity index (χ2n) is 9.01. The zero-order valence-electron chi connectivity index (χ0n) is 22.2. The van der Waals surface area contributed by atoms with Crippen LogP contribution in [-0.2, 0) is 9.53 Å². The van der Waals surface area contributed by atoms with Crippen LogP contribution in [0.2, 0.25) is 0 Å². The van der Waals surface area contributed by atoms with E-state index in [9.17, 15) is 4.79 Å². The van der Waals surface area contributed by atoms with Crippen molar-refractivity contribution < 1.29 is 33.2 Å². The summed E-state index contributed by atoms with van der Waals surface area (Å²) in [5, 5.41) is 0. The Morgan fingerprint density at radius 3 is 2.30 bits per heavy atom. The lowest BCUT2D eigenvalue weighted by molar-refractivity contribution is -0.144. The van der Waals surface area contributed by atoms with E-state index in [1.54, 1.807) is 21.3 Å². The Kier molecular flexibility index (Phi) is 8.58. The molecule has 0 spiro atoms. The second kappa shape index (κ2) is 12.0. The zero-order chi connectivity index (χ0) is 26.4. The first-order chi connectivity index (χ1) is 18.1. The number of hydrogen-bond acceptors (Lipinski definition) is 8. The average Bonchev–Trinajstić information content (AvgIpc) is 3.38. The minimum absolute atomic E-state index is 0.156. The Bertz CT molecular complexity index is 1160. The molecule has 0 fully saturated rings. The lowest BCUT2D eigenvalue weighted by atomic mass is 9.71. The highest BCUT2D eigenvalue weighted by Crippen LogP contribution is 2.50. The summed E-state index contributed by atoms with van der Waals surface area (Å²) in [5.41, 5.74) is 3.42. The van der Waals surface area contributed by atoms with Gasteiger partial charge in [0, 0.05) is 18.7 Å². The monoisotopic (exact) mass is 509 g/mol. The average molecular weight is 510 g/mol. The predicted molar refractivity (Wildman–Crippen MR) is 141 cm³/mol. The van der Waals surface area contributed by atoms with Crippen LogP contribution in [0.1, 0.15) is 55.2 Å². The number of unbranched alkanes of at least 4 members (excludes halogenated alkanes) is 3. The van der Waals surface area contributed by atoms with Crippen LogP contribution in [0.15, 0.2) is 34.8 Å². The van der Waals surface area contributed by atoms with Gasteiger partial charge in [-0.05, 0) is 59.0 Å². The number of carbonyl (C=O) groups excluding carboxylic acids is 1. The fraction of sp³-hybridized carbons (Fsp3) is 0.448. The van der Waals surface area contributed by atoms with E-state index in [-0.39, 0.29) is 12.8 Å². The predicted octanol–water partition coefficient (Wildman–Crippen LogP) is 5.41. The van der Waals surface area contributed by atoms with Crippen LogP contribution in [0, 0.1) is 5.92 Å². The van der Waals surface area contributed by atoms with Crippen molar-refractivity contribution in [3.05, 3.63) is 46.5 Å². The minimum Gasteiger partial charge on any atom is -0.493 e. The molecule has 2 aliphatic rings. The van der Waals surface area contributed by atoms with Crippen LogP contribution in [0.4, 0.5) is 0 Å². The van der Waals surface area contributed by atoms with Crippen LogP contribution in [0.25, 0.3) is 6.08 Å². The van der Waals surface area contributed by atoms with Crippen molar-refractivity contribution in [1.29, 1.82) is 0 Å². The Hall–Kier alpha value is -3.68. The molecular formula is C29H35NO7. The Balaban J connectivity index is 1.86. The van der Waals surface area contributed by atoms with E-state index in [1.165, 1.54) is 20.0 Å². The molecule has 8 heteroatoms. The van der Waals surface area contributed by atoms with Gasteiger partial charge in [-0.1, -0.05) is 26.2 Å². The van der Waals surface area contributed by atoms with E-state index in [0.29, 0.717) is 35.3 Å². The number of ether oxygens (including phenoxy) is 6. The van der Waals surface area contributed by atoms with E-state index in [2.05, 4.69) is 11.9 Å². The van der Waals surface area contributed by atoms with E-state index in [0.717, 1.165) is 35.1 Å². The van der Waals surface area contributed by atoms with Crippen molar-refractivity contribution in [2.24, 2.45) is 10.9 Å². The molecule has 0 saturated carbocycles. The number of esters is 1. The lowest BCUT2D eigenvalue weighted by Crippen LogP contribution is -2.30. The second-order valence-corrected chi connectivity index (χ2v) is 9.01. The van der Waals surface area contributed by atoms with Crippen LogP contribution >= 0.6 is 0 Å². The number of hydrogen-bond donors (Lipinski definition) is 0. The summed E-state index contributed by atoms with van der Waals surface area (Å²) in [6.07, 6.45) is 8.30. The van der Waals surface area contributed by atoms with Crippen LogP contribution < -0.4 is 23.7 Å². The van der Waals surface area contributed by atoms with Crippen molar-refractivity contribution in [3.8, 4) is 28.7 Å². The van der Waals surface area contributed by atoms with Crippen molar-refractivity contribution in [3.63, 3.8) is 0 Å². The molecule has 0 bridgehead atoms. The third kappa shape index (κ3) is 5.38. The first-order valence-electron chi connectivity index (χ1n) is 12.6. The lowest BCUT2D eigenvalue weighted by Gasteiger charge is -2.32. The molecule has 0 amide bonds. The van der Waals surface area contributed by atoms with Gasteiger partial charge in [0.1, 0.15) is 0 Å². The van der Waals surface area contributed by atoms with Gasteiger partial charge in [-0.2, -0.15) is 0 Å². The number of aliphatic imine (C=N–C) groups is 1. The maximum absolute atomic E-state index is 13.3. The summed E-state index contributed by atoms with van der Waals surface area (Å²) >= 11 is 0. The van der Waals surface area contributed by atoms with E-state index < -0.39 is 11.8 Å². The van der Waals surface area contributed by atoms with Crippen molar-refractivity contribution in [2.75, 3.05) is 41.8 Å². The van der Waals surface area contributed by atoms with E-state index >= 15 is 0 Å². The Morgan fingerprint density at radius 1 is 0.973 bits per heavy atom. The largest absolute Gasteiger partial charge is 0.493 e. The third-order valence-corrected chi connectivity index (χ3v) is 6.81. The summed E-state index contributed by atoms with van der Waals surface area (Å²) in [7, 11) is 6.11. The number of benzene rings is 2. The number of methoxy groups -OCH3 is 4. The standard InChI is InChI=1S/C29H35NO7/c1-6-7-8-9-10-30-16-20-11-18-12-22-23(37-17-36-22)15-21(18)26(27(20)29(31)35-5)19-13-24(32-2)28(34-4)25(14-19)33-3/h11-16,26-27H,6-10,17H2,1-5H3/t26-,27-/m1/s1. The summed E-state index contributed by atoms with van der Waals surface area (Å²) in [5.74, 6) is 1.39. The van der Waals surface area contributed by atoms with Gasteiger partial charge in [0.05, 0.1) is 34.4 Å². The van der Waals surface area contributed by atoms with Gasteiger partial charge in [-0.3, -0.25) is 9.79 Å². The van der Waals surface area contributed by atoms with E-state index in [1.807, 2.05) is 36.6 Å². The topological polar surface area (TPSA) is 84.8 Å². The molecule has 198 valence electrons. The summed E-state index contributed by atoms with van der Waals surface area (Å²) < 4.78 is 33.4. The van der Waals surface area contributed by atoms with Crippen LogP contribution in [-0.4, -0.2) is 54.0 Å². The van der Waals surface area contributed by atoms with Crippen LogP contribution in [0.3, 0.4) is 0 Å². The van der Waals surface area contributed by atoms with Gasteiger partial charge in [-0.25, -0.2) is 0 Å². The minimum atomic E-state index is -0.639. The molecule has 2 aromatic rings. The smallest absolute Gasteiger partial charge is 0.314 e. The van der Waals surface area contributed by atoms with Crippen LogP contribution in [0.5, 0.6) is 28.7 Å². The molecular weight excluding hydrogens is 474 g/mol. The zero-order valence-corrected chi connectivity index (χ0v) is 22.2. The van der Waals surface area contributed by atoms with Gasteiger partial charge < -0.3 is 28.4 Å².